The molecule has 2 heteroatoms. The Kier molecular flexibility index (Phi) is 4.04. The van der Waals surface area contributed by atoms with Crippen molar-refractivity contribution in [3.8, 4) is 0 Å². The lowest BCUT2D eigenvalue weighted by molar-refractivity contribution is -0.160. The van der Waals surface area contributed by atoms with Crippen LogP contribution in [0.1, 0.15) is 40.5 Å². The first-order chi connectivity index (χ1) is 4.87. The Balaban J connectivity index is 3.88. The van der Waals surface area contributed by atoms with E-state index in [-0.39, 0.29) is 0 Å². The first-order valence-electron chi connectivity index (χ1n) is 4.31. The van der Waals surface area contributed by atoms with Gasteiger partial charge in [-0.3, -0.25) is 0 Å². The Bertz CT molecular complexity index is 103. The van der Waals surface area contributed by atoms with Crippen LogP contribution in [-0.4, -0.2) is 16.0 Å². The van der Waals surface area contributed by atoms with Gasteiger partial charge in [-0.05, 0) is 18.8 Å². The Morgan fingerprint density at radius 2 is 1.73 bits per heavy atom. The van der Waals surface area contributed by atoms with Gasteiger partial charge in [0.25, 0.3) is 0 Å². The second-order valence-corrected chi connectivity index (χ2v) is 3.83. The van der Waals surface area contributed by atoms with Crippen LogP contribution in [-0.2, 0) is 0 Å². The lowest BCUT2D eigenvalue weighted by Gasteiger charge is -2.25. The summed E-state index contributed by atoms with van der Waals surface area (Å²) in [5, 5.41) is 18.2. The molecule has 0 aromatic carbocycles. The second-order valence-electron chi connectivity index (χ2n) is 3.83. The van der Waals surface area contributed by atoms with Gasteiger partial charge in [0.05, 0.1) is 0 Å². The fraction of sp³-hybridized carbons (Fsp3) is 1.00. The first kappa shape index (κ1) is 10.9. The highest BCUT2D eigenvalue weighted by molar-refractivity contribution is 4.68. The summed E-state index contributed by atoms with van der Waals surface area (Å²) in [4.78, 5) is 0. The van der Waals surface area contributed by atoms with E-state index in [0.717, 1.165) is 6.42 Å². The molecular formula is C9H20O2. The second kappa shape index (κ2) is 4.07. The monoisotopic (exact) mass is 160 g/mol. The van der Waals surface area contributed by atoms with Gasteiger partial charge >= 0.3 is 0 Å². The minimum absolute atomic E-state index is 0.412. The van der Waals surface area contributed by atoms with Crippen LogP contribution in [0.15, 0.2) is 0 Å². The summed E-state index contributed by atoms with van der Waals surface area (Å²) in [6.07, 6.45) is 1.48. The summed E-state index contributed by atoms with van der Waals surface area (Å²) in [7, 11) is 0. The Labute approximate surface area is 69.2 Å². The van der Waals surface area contributed by atoms with E-state index in [4.69, 9.17) is 10.2 Å². The fourth-order valence-corrected chi connectivity index (χ4v) is 1.35. The van der Waals surface area contributed by atoms with E-state index < -0.39 is 5.79 Å². The molecule has 0 rings (SSSR count). The molecule has 0 aromatic rings. The number of rotatable bonds is 4. The van der Waals surface area contributed by atoms with Gasteiger partial charge in [-0.1, -0.05) is 27.2 Å². The van der Waals surface area contributed by atoms with E-state index in [2.05, 4.69) is 20.8 Å². The molecule has 2 N–H and O–H groups in total. The highest BCUT2D eigenvalue weighted by atomic mass is 16.5. The minimum Gasteiger partial charge on any atom is -0.366 e. The standard InChI is InChI=1S/C9H20O2/c1-5-8(7(2)3)6-9(4,10)11/h7-8,10-11H,5-6H2,1-4H3. The average Bonchev–Trinajstić information content (AvgIpc) is 1.80. The van der Waals surface area contributed by atoms with Crippen molar-refractivity contribution in [3.05, 3.63) is 0 Å². The van der Waals surface area contributed by atoms with Gasteiger partial charge in [-0.15, -0.1) is 0 Å². The topological polar surface area (TPSA) is 40.5 Å². The molecule has 0 fully saturated rings. The summed E-state index contributed by atoms with van der Waals surface area (Å²) in [5.41, 5.74) is 0. The Morgan fingerprint density at radius 1 is 1.27 bits per heavy atom. The van der Waals surface area contributed by atoms with Crippen molar-refractivity contribution in [1.29, 1.82) is 0 Å². The van der Waals surface area contributed by atoms with Crippen LogP contribution in [0.4, 0.5) is 0 Å². The maximum Gasteiger partial charge on any atom is 0.159 e. The quantitative estimate of drug-likeness (QED) is 0.615. The van der Waals surface area contributed by atoms with Crippen LogP contribution in [0.25, 0.3) is 0 Å². The third kappa shape index (κ3) is 5.22. The third-order valence-corrected chi connectivity index (χ3v) is 2.12. The van der Waals surface area contributed by atoms with Gasteiger partial charge in [0.1, 0.15) is 0 Å². The zero-order valence-electron chi connectivity index (χ0n) is 7.96. The van der Waals surface area contributed by atoms with Gasteiger partial charge in [-0.25, -0.2) is 0 Å². The van der Waals surface area contributed by atoms with Gasteiger partial charge in [0.15, 0.2) is 5.79 Å². The SMILES string of the molecule is CCC(CC(C)(O)O)C(C)C. The number of hydrogen-bond donors (Lipinski definition) is 2. The van der Waals surface area contributed by atoms with Crippen molar-refractivity contribution in [2.75, 3.05) is 0 Å². The summed E-state index contributed by atoms with van der Waals surface area (Å²) < 4.78 is 0. The smallest absolute Gasteiger partial charge is 0.159 e. The van der Waals surface area contributed by atoms with Crippen LogP contribution in [0.3, 0.4) is 0 Å². The molecule has 0 radical (unpaired) electrons. The normalized spacial score (nSPS) is 15.5. The highest BCUT2D eigenvalue weighted by Gasteiger charge is 2.22. The average molecular weight is 160 g/mol. The van der Waals surface area contributed by atoms with Crippen LogP contribution in [0.5, 0.6) is 0 Å². The minimum atomic E-state index is -1.50. The molecule has 0 saturated carbocycles. The lowest BCUT2D eigenvalue weighted by Crippen LogP contribution is -2.28. The molecule has 2 nitrogen and oxygen atoms in total. The van der Waals surface area contributed by atoms with E-state index >= 15 is 0 Å². The van der Waals surface area contributed by atoms with Crippen molar-refractivity contribution < 1.29 is 10.2 Å². The number of hydrogen-bond acceptors (Lipinski definition) is 2. The lowest BCUT2D eigenvalue weighted by atomic mass is 9.87. The van der Waals surface area contributed by atoms with Crippen molar-refractivity contribution >= 4 is 0 Å². The van der Waals surface area contributed by atoms with Crippen LogP contribution in [0.2, 0.25) is 0 Å². The van der Waals surface area contributed by atoms with E-state index in [1.54, 1.807) is 0 Å². The molecule has 0 saturated heterocycles. The van der Waals surface area contributed by atoms with E-state index in [1.165, 1.54) is 6.92 Å². The third-order valence-electron chi connectivity index (χ3n) is 2.12. The zero-order chi connectivity index (χ0) is 9.07. The Hall–Kier alpha value is -0.0800. The van der Waals surface area contributed by atoms with Crippen LogP contribution in [0, 0.1) is 11.8 Å². The van der Waals surface area contributed by atoms with Crippen LogP contribution < -0.4 is 0 Å². The molecule has 0 aliphatic heterocycles. The molecule has 0 aromatic heterocycles. The van der Waals surface area contributed by atoms with Crippen molar-refractivity contribution in [2.24, 2.45) is 11.8 Å². The summed E-state index contributed by atoms with van der Waals surface area (Å²) in [5.74, 6) is -0.557. The predicted octanol–water partition coefficient (Wildman–Crippen LogP) is 1.76. The molecule has 0 amide bonds. The van der Waals surface area contributed by atoms with Crippen molar-refractivity contribution in [3.63, 3.8) is 0 Å². The summed E-state index contributed by atoms with van der Waals surface area (Å²) in [6, 6.07) is 0. The molecule has 0 aliphatic rings. The molecule has 11 heavy (non-hydrogen) atoms. The molecule has 0 bridgehead atoms. The van der Waals surface area contributed by atoms with E-state index in [9.17, 15) is 0 Å². The maximum atomic E-state index is 9.12. The van der Waals surface area contributed by atoms with Crippen molar-refractivity contribution in [2.45, 2.75) is 46.3 Å². The summed E-state index contributed by atoms with van der Waals surface area (Å²) in [6.45, 7) is 7.74. The molecule has 1 atom stereocenters. The molecular weight excluding hydrogens is 140 g/mol. The Morgan fingerprint density at radius 3 is 1.82 bits per heavy atom. The molecule has 1 unspecified atom stereocenters. The molecule has 0 heterocycles. The molecule has 0 spiro atoms. The largest absolute Gasteiger partial charge is 0.366 e. The molecule has 68 valence electrons. The van der Waals surface area contributed by atoms with E-state index in [0.29, 0.717) is 18.3 Å². The predicted molar refractivity (Wildman–Crippen MR) is 46.1 cm³/mol. The van der Waals surface area contributed by atoms with Gasteiger partial charge in [0.2, 0.25) is 0 Å². The highest BCUT2D eigenvalue weighted by Crippen LogP contribution is 2.23. The van der Waals surface area contributed by atoms with Gasteiger partial charge in [0, 0.05) is 6.42 Å². The molecule has 0 aliphatic carbocycles. The van der Waals surface area contributed by atoms with Gasteiger partial charge < -0.3 is 10.2 Å². The maximum absolute atomic E-state index is 9.12. The van der Waals surface area contributed by atoms with E-state index in [1.807, 2.05) is 0 Å². The first-order valence-corrected chi connectivity index (χ1v) is 4.31. The zero-order valence-corrected chi connectivity index (χ0v) is 7.96. The summed E-state index contributed by atoms with van der Waals surface area (Å²) >= 11 is 0. The number of aliphatic hydroxyl groups is 2. The van der Waals surface area contributed by atoms with Gasteiger partial charge in [-0.2, -0.15) is 0 Å². The van der Waals surface area contributed by atoms with Crippen LogP contribution >= 0.6 is 0 Å². The fourth-order valence-electron chi connectivity index (χ4n) is 1.35. The van der Waals surface area contributed by atoms with Crippen molar-refractivity contribution in [1.82, 2.24) is 0 Å².